The monoisotopic (exact) mass is 274 g/mol. The number of benzene rings is 2. The molecule has 4 heteroatoms. The van der Waals surface area contributed by atoms with E-state index in [0.29, 0.717) is 12.1 Å². The van der Waals surface area contributed by atoms with Crippen molar-refractivity contribution in [2.24, 2.45) is 0 Å². The van der Waals surface area contributed by atoms with Crippen LogP contribution in [0.15, 0.2) is 67.3 Å². The second-order valence-corrected chi connectivity index (χ2v) is 4.61. The van der Waals surface area contributed by atoms with Crippen LogP contribution in [0.25, 0.3) is 5.69 Å². The summed E-state index contributed by atoms with van der Waals surface area (Å²) < 4.78 is 1.96. The van der Waals surface area contributed by atoms with Crippen molar-refractivity contribution in [2.75, 3.05) is 5.32 Å². The molecule has 102 valence electrons. The lowest BCUT2D eigenvalue weighted by molar-refractivity contribution is 1.04. The highest BCUT2D eigenvalue weighted by Gasteiger charge is 2.05. The van der Waals surface area contributed by atoms with Gasteiger partial charge in [0.2, 0.25) is 0 Å². The Hall–Kier alpha value is -3.06. The minimum Gasteiger partial charge on any atom is -0.379 e. The predicted molar refractivity (Wildman–Crippen MR) is 82.0 cm³/mol. The molecular formula is C17H14N4. The Kier molecular flexibility index (Phi) is 3.66. The van der Waals surface area contributed by atoms with E-state index in [-0.39, 0.29) is 0 Å². The highest BCUT2D eigenvalue weighted by molar-refractivity contribution is 5.61. The van der Waals surface area contributed by atoms with Gasteiger partial charge in [-0.15, -0.1) is 0 Å². The first-order chi connectivity index (χ1) is 10.4. The topological polar surface area (TPSA) is 53.6 Å². The molecule has 1 aromatic heterocycles. The van der Waals surface area contributed by atoms with Crippen molar-refractivity contribution >= 4 is 5.69 Å². The smallest absolute Gasteiger partial charge is 0.0995 e. The second-order valence-electron chi connectivity index (χ2n) is 4.61. The normalized spacial score (nSPS) is 10.0. The Balaban J connectivity index is 1.85. The van der Waals surface area contributed by atoms with Crippen molar-refractivity contribution in [3.8, 4) is 11.8 Å². The van der Waals surface area contributed by atoms with Crippen LogP contribution in [0.4, 0.5) is 5.69 Å². The molecule has 0 unspecified atom stereocenters. The van der Waals surface area contributed by atoms with Crippen molar-refractivity contribution in [1.82, 2.24) is 9.55 Å². The quantitative estimate of drug-likeness (QED) is 0.793. The Morgan fingerprint density at radius 1 is 1.10 bits per heavy atom. The van der Waals surface area contributed by atoms with Crippen molar-refractivity contribution in [1.29, 1.82) is 5.26 Å². The number of para-hydroxylation sites is 2. The molecule has 0 bridgehead atoms. The van der Waals surface area contributed by atoms with Gasteiger partial charge >= 0.3 is 0 Å². The summed E-state index contributed by atoms with van der Waals surface area (Å²) in [6, 6.07) is 17.9. The van der Waals surface area contributed by atoms with Crippen molar-refractivity contribution in [3.05, 3.63) is 78.4 Å². The lowest BCUT2D eigenvalue weighted by atomic mass is 10.1. The van der Waals surface area contributed by atoms with Gasteiger partial charge in [0.1, 0.15) is 0 Å². The summed E-state index contributed by atoms with van der Waals surface area (Å²) in [5.74, 6) is 0. The van der Waals surface area contributed by atoms with E-state index in [1.165, 1.54) is 0 Å². The molecule has 0 spiro atoms. The molecule has 0 fully saturated rings. The minimum atomic E-state index is 0.607. The molecule has 3 aromatic rings. The first-order valence-electron chi connectivity index (χ1n) is 6.68. The average Bonchev–Trinajstić information content (AvgIpc) is 3.08. The number of aromatic nitrogens is 2. The predicted octanol–water partition coefficient (Wildman–Crippen LogP) is 3.36. The Morgan fingerprint density at radius 2 is 1.90 bits per heavy atom. The SMILES string of the molecule is N#Cc1ccccc1CNc1ccccc1-n1ccnc1. The van der Waals surface area contributed by atoms with Crippen molar-refractivity contribution in [2.45, 2.75) is 6.54 Å². The van der Waals surface area contributed by atoms with Crippen molar-refractivity contribution < 1.29 is 0 Å². The maximum absolute atomic E-state index is 9.13. The Labute approximate surface area is 123 Å². The molecule has 0 saturated heterocycles. The molecule has 2 aromatic carbocycles. The molecule has 0 saturated carbocycles. The van der Waals surface area contributed by atoms with Crippen LogP contribution in [0, 0.1) is 11.3 Å². The van der Waals surface area contributed by atoms with Gasteiger partial charge in [-0.3, -0.25) is 0 Å². The van der Waals surface area contributed by atoms with Gasteiger partial charge in [-0.25, -0.2) is 4.98 Å². The number of hydrogen-bond donors (Lipinski definition) is 1. The van der Waals surface area contributed by atoms with Crippen LogP contribution < -0.4 is 5.32 Å². The maximum atomic E-state index is 9.13. The fourth-order valence-electron chi connectivity index (χ4n) is 2.22. The minimum absolute atomic E-state index is 0.607. The lowest BCUT2D eigenvalue weighted by Gasteiger charge is -2.13. The van der Waals surface area contributed by atoms with Crippen LogP contribution in [0.5, 0.6) is 0 Å². The standard InChI is InChI=1S/C17H14N4/c18-11-14-5-1-2-6-15(14)12-20-16-7-3-4-8-17(16)21-10-9-19-13-21/h1-10,13,20H,12H2. The Bertz CT molecular complexity index is 769. The number of anilines is 1. The zero-order valence-electron chi connectivity index (χ0n) is 11.4. The molecule has 3 rings (SSSR count). The van der Waals surface area contributed by atoms with E-state index in [2.05, 4.69) is 16.4 Å². The van der Waals surface area contributed by atoms with E-state index in [9.17, 15) is 0 Å². The van der Waals surface area contributed by atoms with Crippen molar-refractivity contribution in [3.63, 3.8) is 0 Å². The molecule has 4 nitrogen and oxygen atoms in total. The highest BCUT2D eigenvalue weighted by atomic mass is 15.0. The van der Waals surface area contributed by atoms with Crippen LogP contribution in [0.3, 0.4) is 0 Å². The molecule has 21 heavy (non-hydrogen) atoms. The summed E-state index contributed by atoms with van der Waals surface area (Å²) in [6.07, 6.45) is 5.43. The molecular weight excluding hydrogens is 260 g/mol. The number of rotatable bonds is 4. The summed E-state index contributed by atoms with van der Waals surface area (Å²) in [5, 5.41) is 12.5. The molecule has 0 radical (unpaired) electrons. The molecule has 0 atom stereocenters. The van der Waals surface area contributed by atoms with E-state index in [1.54, 1.807) is 12.5 Å². The van der Waals surface area contributed by atoms with Crippen LogP contribution in [0.1, 0.15) is 11.1 Å². The fraction of sp³-hybridized carbons (Fsp3) is 0.0588. The summed E-state index contributed by atoms with van der Waals surface area (Å²) >= 11 is 0. The molecule has 1 N–H and O–H groups in total. The van der Waals surface area contributed by atoms with Gasteiger partial charge in [-0.2, -0.15) is 5.26 Å². The zero-order chi connectivity index (χ0) is 14.5. The van der Waals surface area contributed by atoms with E-state index in [0.717, 1.165) is 16.9 Å². The third-order valence-corrected chi connectivity index (χ3v) is 3.29. The lowest BCUT2D eigenvalue weighted by Crippen LogP contribution is -2.04. The fourth-order valence-corrected chi connectivity index (χ4v) is 2.22. The van der Waals surface area contributed by atoms with Gasteiger partial charge < -0.3 is 9.88 Å². The van der Waals surface area contributed by atoms with E-state index in [4.69, 9.17) is 5.26 Å². The van der Waals surface area contributed by atoms with Gasteiger partial charge in [-0.05, 0) is 23.8 Å². The zero-order valence-corrected chi connectivity index (χ0v) is 11.4. The second kappa shape index (κ2) is 5.93. The van der Waals surface area contributed by atoms with Gasteiger partial charge in [0, 0.05) is 18.9 Å². The summed E-state index contributed by atoms with van der Waals surface area (Å²) in [4.78, 5) is 4.08. The Morgan fingerprint density at radius 3 is 2.71 bits per heavy atom. The molecule has 0 amide bonds. The first-order valence-corrected chi connectivity index (χ1v) is 6.68. The number of nitrogens with zero attached hydrogens (tertiary/aromatic N) is 3. The molecule has 1 heterocycles. The van der Waals surface area contributed by atoms with Crippen LogP contribution >= 0.6 is 0 Å². The van der Waals surface area contributed by atoms with E-state index in [1.807, 2.05) is 59.3 Å². The van der Waals surface area contributed by atoms with Gasteiger partial charge in [0.05, 0.1) is 29.3 Å². The largest absolute Gasteiger partial charge is 0.379 e. The van der Waals surface area contributed by atoms with E-state index >= 15 is 0 Å². The highest BCUT2D eigenvalue weighted by Crippen LogP contribution is 2.20. The number of nitriles is 1. The van der Waals surface area contributed by atoms with Gasteiger partial charge in [0.25, 0.3) is 0 Å². The first kappa shape index (κ1) is 12.9. The molecule has 0 aliphatic carbocycles. The van der Waals surface area contributed by atoms with Crippen LogP contribution in [0.2, 0.25) is 0 Å². The maximum Gasteiger partial charge on any atom is 0.0995 e. The number of nitrogens with one attached hydrogen (secondary N) is 1. The summed E-state index contributed by atoms with van der Waals surface area (Å²) in [7, 11) is 0. The third kappa shape index (κ3) is 2.77. The molecule has 0 aliphatic heterocycles. The molecule has 0 aliphatic rings. The van der Waals surface area contributed by atoms with Gasteiger partial charge in [-0.1, -0.05) is 30.3 Å². The summed E-state index contributed by atoms with van der Waals surface area (Å²) in [5.41, 5.74) is 3.72. The average molecular weight is 274 g/mol. The third-order valence-electron chi connectivity index (χ3n) is 3.29. The summed E-state index contributed by atoms with van der Waals surface area (Å²) in [6.45, 7) is 0.607. The van der Waals surface area contributed by atoms with Crippen LogP contribution in [-0.4, -0.2) is 9.55 Å². The van der Waals surface area contributed by atoms with Crippen LogP contribution in [-0.2, 0) is 6.54 Å². The number of hydrogen-bond acceptors (Lipinski definition) is 3. The van der Waals surface area contributed by atoms with Gasteiger partial charge in [0.15, 0.2) is 0 Å². The van der Waals surface area contributed by atoms with E-state index < -0.39 is 0 Å². The number of imidazole rings is 1.